The Hall–Kier alpha value is -2.74. The quantitative estimate of drug-likeness (QED) is 0.529. The van der Waals surface area contributed by atoms with Gasteiger partial charge < -0.3 is 9.88 Å². The van der Waals surface area contributed by atoms with Crippen molar-refractivity contribution in [3.05, 3.63) is 83.7 Å². The topological polar surface area (TPSA) is 94.2 Å². The minimum Gasteiger partial charge on any atom is -0.314 e. The molecule has 4 rings (SSSR count). The van der Waals surface area contributed by atoms with Gasteiger partial charge in [-0.25, -0.2) is 13.6 Å². The number of nitrogens with zero attached hydrogens (tertiary/aromatic N) is 1. The predicted octanol–water partition coefficient (Wildman–Crippen LogP) is 4.10. The van der Waals surface area contributed by atoms with Crippen molar-refractivity contribution in [3.8, 4) is 5.69 Å². The normalized spacial score (nSPS) is 17.7. The first-order valence-corrected chi connectivity index (χ1v) is 12.4. The maximum absolute atomic E-state index is 13.0. The summed E-state index contributed by atoms with van der Waals surface area (Å²) in [4.78, 5) is 13.0. The number of benzene rings is 2. The van der Waals surface area contributed by atoms with Crippen molar-refractivity contribution < 1.29 is 13.2 Å². The van der Waals surface area contributed by atoms with E-state index in [1.807, 2.05) is 6.07 Å². The fourth-order valence-electron chi connectivity index (χ4n) is 4.48. The summed E-state index contributed by atoms with van der Waals surface area (Å²) in [6, 6.07) is 18.7. The Morgan fingerprint density at radius 2 is 1.81 bits per heavy atom. The molecular formula is C25H29N3O3S. The molecule has 0 radical (unpaired) electrons. The van der Waals surface area contributed by atoms with Gasteiger partial charge in [-0.2, -0.15) is 0 Å². The van der Waals surface area contributed by atoms with Crippen molar-refractivity contribution in [1.82, 2.24) is 9.88 Å². The van der Waals surface area contributed by atoms with Crippen LogP contribution in [0.3, 0.4) is 0 Å². The Bertz CT molecular complexity index is 1230. The van der Waals surface area contributed by atoms with Crippen LogP contribution >= 0.6 is 0 Å². The van der Waals surface area contributed by atoms with Crippen molar-refractivity contribution in [2.24, 2.45) is 5.14 Å². The van der Waals surface area contributed by atoms with Crippen LogP contribution < -0.4 is 10.5 Å². The summed E-state index contributed by atoms with van der Waals surface area (Å²) >= 11 is 0. The number of primary sulfonamides is 1. The van der Waals surface area contributed by atoms with Gasteiger partial charge in [0.05, 0.1) is 10.6 Å². The third kappa shape index (κ3) is 4.55. The first kappa shape index (κ1) is 22.5. The largest absolute Gasteiger partial charge is 0.314 e. The number of sulfonamides is 1. The molecule has 0 saturated heterocycles. The van der Waals surface area contributed by atoms with E-state index >= 15 is 0 Å². The number of fused-ring (bicyclic) bond motifs is 1. The molecule has 6 nitrogen and oxygen atoms in total. The molecule has 3 N–H and O–H groups in total. The third-order valence-electron chi connectivity index (χ3n) is 6.23. The Morgan fingerprint density at radius 3 is 2.53 bits per heavy atom. The number of ketones is 1. The van der Waals surface area contributed by atoms with Gasteiger partial charge in [-0.15, -0.1) is 0 Å². The van der Waals surface area contributed by atoms with Gasteiger partial charge in [0, 0.05) is 36.3 Å². The fourth-order valence-corrected chi connectivity index (χ4v) is 5.00. The maximum Gasteiger partial charge on any atom is 0.238 e. The number of nitrogens with two attached hydrogens (primary N) is 1. The molecule has 0 saturated carbocycles. The summed E-state index contributed by atoms with van der Waals surface area (Å²) in [7, 11) is -3.75. The summed E-state index contributed by atoms with van der Waals surface area (Å²) < 4.78 is 24.7. The van der Waals surface area contributed by atoms with Crippen LogP contribution in [0, 0.1) is 0 Å². The van der Waals surface area contributed by atoms with Crippen LogP contribution in [0.1, 0.15) is 60.8 Å². The van der Waals surface area contributed by atoms with E-state index in [2.05, 4.69) is 43.4 Å². The highest BCUT2D eigenvalue weighted by Crippen LogP contribution is 2.36. The van der Waals surface area contributed by atoms with E-state index in [9.17, 15) is 13.2 Å². The van der Waals surface area contributed by atoms with Crippen LogP contribution in [0.15, 0.2) is 71.8 Å². The van der Waals surface area contributed by atoms with E-state index in [0.29, 0.717) is 12.1 Å². The highest BCUT2D eigenvalue weighted by atomic mass is 32.2. The average molecular weight is 452 g/mol. The number of hydrogen-bond acceptors (Lipinski definition) is 4. The second-order valence-corrected chi connectivity index (χ2v) is 10.6. The Labute approximate surface area is 189 Å². The van der Waals surface area contributed by atoms with Gasteiger partial charge in [-0.3, -0.25) is 4.79 Å². The molecule has 3 aromatic rings. The summed E-state index contributed by atoms with van der Waals surface area (Å²) in [5.74, 6) is 0.0648. The summed E-state index contributed by atoms with van der Waals surface area (Å²) in [5.41, 5.74) is 4.12. The van der Waals surface area contributed by atoms with E-state index in [0.717, 1.165) is 25.1 Å². The van der Waals surface area contributed by atoms with E-state index in [4.69, 9.17) is 5.14 Å². The van der Waals surface area contributed by atoms with Gasteiger partial charge in [0.15, 0.2) is 5.78 Å². The van der Waals surface area contributed by atoms with E-state index in [-0.39, 0.29) is 22.1 Å². The molecule has 0 amide bonds. The first-order chi connectivity index (χ1) is 15.2. The van der Waals surface area contributed by atoms with Crippen LogP contribution in [-0.2, 0) is 15.4 Å². The van der Waals surface area contributed by atoms with Crippen molar-refractivity contribution in [2.45, 2.75) is 49.5 Å². The van der Waals surface area contributed by atoms with Gasteiger partial charge in [0.2, 0.25) is 10.0 Å². The second-order valence-electron chi connectivity index (χ2n) is 9.02. The fraction of sp³-hybridized carbons (Fsp3) is 0.320. The molecule has 2 heterocycles. The SMILES string of the molecule is CC1(C)CNC(CCCC(=O)c2cccn2-c2ccc(S(N)(=O)=O)cc2)c2ccccc21. The van der Waals surface area contributed by atoms with Gasteiger partial charge in [-0.05, 0) is 60.4 Å². The van der Waals surface area contributed by atoms with Crippen LogP contribution in [-0.4, -0.2) is 25.3 Å². The lowest BCUT2D eigenvalue weighted by Crippen LogP contribution is -2.41. The van der Waals surface area contributed by atoms with Crippen molar-refractivity contribution >= 4 is 15.8 Å². The van der Waals surface area contributed by atoms with Crippen LogP contribution in [0.5, 0.6) is 0 Å². The molecule has 0 aliphatic carbocycles. The third-order valence-corrected chi connectivity index (χ3v) is 7.16. The maximum atomic E-state index is 13.0. The molecule has 0 fully saturated rings. The molecule has 168 valence electrons. The van der Waals surface area contributed by atoms with Gasteiger partial charge in [0.1, 0.15) is 0 Å². The Balaban J connectivity index is 1.43. The van der Waals surface area contributed by atoms with E-state index < -0.39 is 10.0 Å². The zero-order valence-electron chi connectivity index (χ0n) is 18.4. The van der Waals surface area contributed by atoms with E-state index in [1.54, 1.807) is 29.0 Å². The van der Waals surface area contributed by atoms with Gasteiger partial charge >= 0.3 is 0 Å². The smallest absolute Gasteiger partial charge is 0.238 e. The van der Waals surface area contributed by atoms with Crippen molar-refractivity contribution in [3.63, 3.8) is 0 Å². The number of carbonyl (C=O) groups excluding carboxylic acids is 1. The highest BCUT2D eigenvalue weighted by Gasteiger charge is 2.31. The minimum atomic E-state index is -3.75. The number of aromatic nitrogens is 1. The summed E-state index contributed by atoms with van der Waals surface area (Å²) in [6.45, 7) is 5.42. The van der Waals surface area contributed by atoms with Crippen LogP contribution in [0.4, 0.5) is 0 Å². The number of nitrogens with one attached hydrogen (secondary N) is 1. The molecular weight excluding hydrogens is 422 g/mol. The molecule has 0 bridgehead atoms. The van der Waals surface area contributed by atoms with Crippen LogP contribution in [0.2, 0.25) is 0 Å². The van der Waals surface area contributed by atoms with Gasteiger partial charge in [0.25, 0.3) is 0 Å². The molecule has 7 heteroatoms. The lowest BCUT2D eigenvalue weighted by molar-refractivity contribution is 0.0971. The molecule has 0 spiro atoms. The Morgan fingerprint density at radius 1 is 1.09 bits per heavy atom. The molecule has 2 aromatic carbocycles. The zero-order valence-corrected chi connectivity index (χ0v) is 19.2. The lowest BCUT2D eigenvalue weighted by Gasteiger charge is -2.38. The average Bonchev–Trinajstić information content (AvgIpc) is 3.25. The molecule has 1 atom stereocenters. The van der Waals surface area contributed by atoms with Crippen LogP contribution in [0.25, 0.3) is 5.69 Å². The summed E-state index contributed by atoms with van der Waals surface area (Å²) in [6.07, 6.45) is 3.92. The number of hydrogen-bond donors (Lipinski definition) is 2. The van der Waals surface area contributed by atoms with Crippen molar-refractivity contribution in [1.29, 1.82) is 0 Å². The standard InChI is InChI=1S/C25H29N3O3S/c1-25(2)17-27-22(20-7-3-4-8-21(20)25)9-5-11-24(29)23-10-6-16-28(23)18-12-14-19(15-13-18)32(26,30)31/h3-4,6-8,10,12-16,22,27H,5,9,11,17H2,1-2H3,(H2,26,30,31). The molecule has 1 unspecified atom stereocenters. The predicted molar refractivity (Wildman–Crippen MR) is 126 cm³/mol. The summed E-state index contributed by atoms with van der Waals surface area (Å²) in [5, 5.41) is 8.82. The van der Waals surface area contributed by atoms with E-state index in [1.165, 1.54) is 23.3 Å². The highest BCUT2D eigenvalue weighted by molar-refractivity contribution is 7.89. The number of Topliss-reactive ketones (excluding diaryl/α,β-unsaturated/α-hetero) is 1. The Kier molecular flexibility index (Phi) is 6.07. The zero-order chi connectivity index (χ0) is 22.9. The minimum absolute atomic E-state index is 0.0460. The molecule has 1 aromatic heterocycles. The number of carbonyl (C=O) groups is 1. The second kappa shape index (κ2) is 8.65. The number of rotatable bonds is 7. The van der Waals surface area contributed by atoms with Gasteiger partial charge in [-0.1, -0.05) is 38.1 Å². The lowest BCUT2D eigenvalue weighted by atomic mass is 9.76. The molecule has 1 aliphatic heterocycles. The monoisotopic (exact) mass is 451 g/mol. The molecule has 32 heavy (non-hydrogen) atoms. The first-order valence-electron chi connectivity index (χ1n) is 10.8. The van der Waals surface area contributed by atoms with Crippen molar-refractivity contribution in [2.75, 3.05) is 6.54 Å². The molecule has 1 aliphatic rings.